The third kappa shape index (κ3) is 2.89. The van der Waals surface area contributed by atoms with Crippen LogP contribution in [0.2, 0.25) is 0 Å². The van der Waals surface area contributed by atoms with Gasteiger partial charge in [-0.25, -0.2) is 4.98 Å². The number of hydrogen-bond donors (Lipinski definition) is 1. The van der Waals surface area contributed by atoms with E-state index in [1.807, 2.05) is 5.38 Å². The van der Waals surface area contributed by atoms with Gasteiger partial charge in [-0.1, -0.05) is 0 Å². The maximum absolute atomic E-state index is 10.6. The first kappa shape index (κ1) is 13.5. The Bertz CT molecular complexity index is 391. The highest BCUT2D eigenvalue weighted by Crippen LogP contribution is 2.37. The van der Waals surface area contributed by atoms with Crippen molar-refractivity contribution in [1.29, 1.82) is 0 Å². The van der Waals surface area contributed by atoms with Crippen LogP contribution in [0.25, 0.3) is 0 Å². The number of rotatable bonds is 1. The van der Waals surface area contributed by atoms with Gasteiger partial charge in [0, 0.05) is 24.0 Å². The molecule has 0 aliphatic carbocycles. The molecule has 1 aromatic rings. The Morgan fingerprint density at radius 2 is 2.00 bits per heavy atom. The van der Waals surface area contributed by atoms with Gasteiger partial charge in [-0.15, -0.1) is 11.3 Å². The Kier molecular flexibility index (Phi) is 3.65. The molecule has 1 saturated heterocycles. The van der Waals surface area contributed by atoms with Gasteiger partial charge in [-0.05, 0) is 49.5 Å². The number of likely N-dealkylation sites (tertiary alicyclic amines) is 1. The highest BCUT2D eigenvalue weighted by Gasteiger charge is 2.38. The molecule has 1 aliphatic rings. The third-order valence-electron chi connectivity index (χ3n) is 3.41. The van der Waals surface area contributed by atoms with Crippen LogP contribution in [0.5, 0.6) is 0 Å². The zero-order valence-electron chi connectivity index (χ0n) is 10.5. The second-order valence-corrected chi connectivity index (χ2v) is 7.34. The predicted molar refractivity (Wildman–Crippen MR) is 74.3 cm³/mol. The van der Waals surface area contributed by atoms with Crippen LogP contribution in [0.3, 0.4) is 0 Å². The topological polar surface area (TPSA) is 36.4 Å². The smallest absolute Gasteiger partial charge is 0.126 e. The fraction of sp³-hybridized carbons (Fsp3) is 0.750. The van der Waals surface area contributed by atoms with Gasteiger partial charge in [-0.2, -0.15) is 0 Å². The lowest BCUT2D eigenvalue weighted by atomic mass is 9.89. The van der Waals surface area contributed by atoms with Crippen molar-refractivity contribution in [2.24, 2.45) is 0 Å². The van der Waals surface area contributed by atoms with E-state index in [2.05, 4.69) is 46.6 Å². The number of hydrogen-bond acceptors (Lipinski definition) is 4. The number of aliphatic hydroxyl groups is 1. The molecule has 0 radical (unpaired) electrons. The van der Waals surface area contributed by atoms with Crippen molar-refractivity contribution in [3.05, 3.63) is 15.0 Å². The number of piperidine rings is 1. The van der Waals surface area contributed by atoms with Crippen LogP contribution in [0, 0.1) is 0 Å². The van der Waals surface area contributed by atoms with Crippen molar-refractivity contribution in [1.82, 2.24) is 9.88 Å². The lowest BCUT2D eigenvalue weighted by Gasteiger charge is -2.43. The first-order chi connectivity index (χ1) is 7.81. The van der Waals surface area contributed by atoms with E-state index in [1.54, 1.807) is 0 Å². The van der Waals surface area contributed by atoms with Crippen molar-refractivity contribution >= 4 is 27.3 Å². The summed E-state index contributed by atoms with van der Waals surface area (Å²) in [5, 5.41) is 13.4. The Labute approximate surface area is 115 Å². The van der Waals surface area contributed by atoms with E-state index in [1.165, 1.54) is 11.3 Å². The minimum Gasteiger partial charge on any atom is -0.383 e. The van der Waals surface area contributed by atoms with E-state index in [4.69, 9.17) is 0 Å². The Morgan fingerprint density at radius 1 is 1.41 bits per heavy atom. The molecule has 0 amide bonds. The fourth-order valence-corrected chi connectivity index (χ4v) is 3.64. The largest absolute Gasteiger partial charge is 0.383 e. The van der Waals surface area contributed by atoms with Crippen LogP contribution in [0.1, 0.15) is 38.6 Å². The van der Waals surface area contributed by atoms with Crippen molar-refractivity contribution in [2.45, 2.75) is 44.8 Å². The molecular formula is C12H19BrN2OS. The number of thiazole rings is 1. The first-order valence-corrected chi connectivity index (χ1v) is 7.57. The lowest BCUT2D eigenvalue weighted by Crippen LogP contribution is -2.50. The van der Waals surface area contributed by atoms with Crippen LogP contribution in [-0.2, 0) is 5.60 Å². The summed E-state index contributed by atoms with van der Waals surface area (Å²) in [5.74, 6) is 0. The fourth-order valence-electron chi connectivity index (χ4n) is 2.23. The molecule has 2 heterocycles. The molecule has 1 aliphatic heterocycles. The maximum Gasteiger partial charge on any atom is 0.126 e. The van der Waals surface area contributed by atoms with E-state index in [0.717, 1.165) is 35.5 Å². The molecule has 96 valence electrons. The molecule has 5 heteroatoms. The molecule has 2 rings (SSSR count). The Morgan fingerprint density at radius 3 is 2.41 bits per heavy atom. The standard InChI is InChI=1S/C12H19BrN2OS/c1-11(2,3)15-6-4-12(16,5-7-15)10-14-9(13)8-17-10/h8,16H,4-7H2,1-3H3. The van der Waals surface area contributed by atoms with Crippen LogP contribution in [0.4, 0.5) is 0 Å². The summed E-state index contributed by atoms with van der Waals surface area (Å²) < 4.78 is 0.823. The van der Waals surface area contributed by atoms with Crippen LogP contribution >= 0.6 is 27.3 Å². The third-order valence-corrected chi connectivity index (χ3v) is 5.16. The molecule has 1 aromatic heterocycles. The zero-order chi connectivity index (χ0) is 12.7. The number of nitrogens with zero attached hydrogens (tertiary/aromatic N) is 2. The van der Waals surface area contributed by atoms with Gasteiger partial charge in [-0.3, -0.25) is 4.90 Å². The van der Waals surface area contributed by atoms with E-state index in [0.29, 0.717) is 0 Å². The van der Waals surface area contributed by atoms with Gasteiger partial charge in [0.05, 0.1) is 0 Å². The second-order valence-electron chi connectivity index (χ2n) is 5.66. The molecule has 0 saturated carbocycles. The Balaban J connectivity index is 2.07. The van der Waals surface area contributed by atoms with Crippen molar-refractivity contribution in [3.8, 4) is 0 Å². The number of halogens is 1. The average molecular weight is 319 g/mol. The molecule has 3 nitrogen and oxygen atoms in total. The van der Waals surface area contributed by atoms with Gasteiger partial charge in [0.25, 0.3) is 0 Å². The summed E-state index contributed by atoms with van der Waals surface area (Å²) in [5.41, 5.74) is -0.538. The first-order valence-electron chi connectivity index (χ1n) is 5.90. The summed E-state index contributed by atoms with van der Waals surface area (Å²) in [4.78, 5) is 6.78. The molecule has 0 atom stereocenters. The molecule has 17 heavy (non-hydrogen) atoms. The molecule has 1 fully saturated rings. The highest BCUT2D eigenvalue weighted by molar-refractivity contribution is 9.10. The van der Waals surface area contributed by atoms with Crippen molar-refractivity contribution < 1.29 is 5.11 Å². The molecule has 0 bridgehead atoms. The van der Waals surface area contributed by atoms with Gasteiger partial charge in [0.2, 0.25) is 0 Å². The van der Waals surface area contributed by atoms with E-state index >= 15 is 0 Å². The molecule has 0 spiro atoms. The minimum absolute atomic E-state index is 0.185. The van der Waals surface area contributed by atoms with Crippen LogP contribution in [-0.4, -0.2) is 33.6 Å². The summed E-state index contributed by atoms with van der Waals surface area (Å²) in [6.07, 6.45) is 1.54. The van der Waals surface area contributed by atoms with E-state index in [9.17, 15) is 5.11 Å². The molecule has 1 N–H and O–H groups in total. The number of aromatic nitrogens is 1. The van der Waals surface area contributed by atoms with Crippen molar-refractivity contribution in [3.63, 3.8) is 0 Å². The summed E-state index contributed by atoms with van der Waals surface area (Å²) in [7, 11) is 0. The SMILES string of the molecule is CC(C)(C)N1CCC(O)(c2nc(Br)cs2)CC1. The second kappa shape index (κ2) is 4.61. The summed E-state index contributed by atoms with van der Waals surface area (Å²) in [6.45, 7) is 8.51. The molecule has 0 unspecified atom stereocenters. The quantitative estimate of drug-likeness (QED) is 0.864. The maximum atomic E-state index is 10.6. The summed E-state index contributed by atoms with van der Waals surface area (Å²) >= 11 is 4.88. The Hall–Kier alpha value is 0.0300. The highest BCUT2D eigenvalue weighted by atomic mass is 79.9. The van der Waals surface area contributed by atoms with Gasteiger partial charge in [0.15, 0.2) is 0 Å². The van der Waals surface area contributed by atoms with E-state index in [-0.39, 0.29) is 5.54 Å². The molecule has 0 aromatic carbocycles. The van der Waals surface area contributed by atoms with E-state index < -0.39 is 5.60 Å². The summed E-state index contributed by atoms with van der Waals surface area (Å²) in [6, 6.07) is 0. The molecular weight excluding hydrogens is 300 g/mol. The minimum atomic E-state index is -0.724. The monoisotopic (exact) mass is 318 g/mol. The van der Waals surface area contributed by atoms with Gasteiger partial charge >= 0.3 is 0 Å². The lowest BCUT2D eigenvalue weighted by molar-refractivity contribution is -0.0462. The van der Waals surface area contributed by atoms with Crippen LogP contribution in [0.15, 0.2) is 9.98 Å². The predicted octanol–water partition coefficient (Wildman–Crippen LogP) is 2.99. The normalized spacial score (nSPS) is 21.7. The van der Waals surface area contributed by atoms with Gasteiger partial charge in [0.1, 0.15) is 15.2 Å². The van der Waals surface area contributed by atoms with Crippen molar-refractivity contribution in [2.75, 3.05) is 13.1 Å². The van der Waals surface area contributed by atoms with Crippen LogP contribution < -0.4 is 0 Å². The average Bonchev–Trinajstić information content (AvgIpc) is 2.65. The van der Waals surface area contributed by atoms with Gasteiger partial charge < -0.3 is 5.11 Å². The zero-order valence-corrected chi connectivity index (χ0v) is 12.9.